The van der Waals surface area contributed by atoms with Crippen LogP contribution in [0.4, 0.5) is 0 Å². The molecule has 0 bridgehead atoms. The van der Waals surface area contributed by atoms with Crippen molar-refractivity contribution in [2.24, 2.45) is 4.99 Å². The van der Waals surface area contributed by atoms with Gasteiger partial charge in [0.05, 0.1) is 20.5 Å². The summed E-state index contributed by atoms with van der Waals surface area (Å²) in [7, 11) is 5.00. The molecule has 0 saturated carbocycles. The number of benzene rings is 2. The van der Waals surface area contributed by atoms with E-state index in [9.17, 15) is 9.59 Å². The molecule has 2 aromatic carbocycles. The highest BCUT2D eigenvalue weighted by Gasteiger charge is 2.14. The smallest absolute Gasteiger partial charge is 0.315 e. The summed E-state index contributed by atoms with van der Waals surface area (Å²) in [6, 6.07) is 16.5. The number of thiazole rings is 1. The van der Waals surface area contributed by atoms with Gasteiger partial charge in [0.15, 0.2) is 22.1 Å². The zero-order valence-electron chi connectivity index (χ0n) is 21.3. The molecule has 2 amide bonds. The van der Waals surface area contributed by atoms with Crippen molar-refractivity contribution < 1.29 is 23.5 Å². The van der Waals surface area contributed by atoms with E-state index in [0.29, 0.717) is 41.4 Å². The highest BCUT2D eigenvalue weighted by molar-refractivity contribution is 7.09. The summed E-state index contributed by atoms with van der Waals surface area (Å²) in [5.41, 5.74) is 2.59. The van der Waals surface area contributed by atoms with E-state index in [1.807, 2.05) is 60.2 Å². The summed E-state index contributed by atoms with van der Waals surface area (Å²) in [6.45, 7) is 2.99. The molecule has 0 aliphatic heterocycles. The number of carbonyl (C=O) groups is 2. The minimum Gasteiger partial charge on any atom is -0.493 e. The third kappa shape index (κ3) is 6.37. The van der Waals surface area contributed by atoms with Gasteiger partial charge in [-0.3, -0.25) is 9.59 Å². The van der Waals surface area contributed by atoms with Gasteiger partial charge in [0.2, 0.25) is 0 Å². The predicted octanol–water partition coefficient (Wildman–Crippen LogP) is 4.57. The minimum absolute atomic E-state index is 0.0632. The molecule has 4 rings (SSSR count). The Morgan fingerprint density at radius 2 is 1.84 bits per heavy atom. The van der Waals surface area contributed by atoms with Crippen molar-refractivity contribution in [3.8, 4) is 11.5 Å². The van der Waals surface area contributed by atoms with Crippen LogP contribution in [0, 0.1) is 6.92 Å². The summed E-state index contributed by atoms with van der Waals surface area (Å²) in [4.78, 5) is 33.1. The maximum atomic E-state index is 13.1. The van der Waals surface area contributed by atoms with E-state index in [-0.39, 0.29) is 11.7 Å². The van der Waals surface area contributed by atoms with Crippen LogP contribution in [-0.2, 0) is 13.0 Å². The molecule has 0 unspecified atom stereocenters. The van der Waals surface area contributed by atoms with E-state index in [1.165, 1.54) is 17.6 Å². The normalized spacial score (nSPS) is 11.4. The topological polar surface area (TPSA) is 86.3 Å². The molecular weight excluding hydrogens is 490 g/mol. The number of nitrogens with zero attached hydrogens (tertiary/aromatic N) is 3. The van der Waals surface area contributed by atoms with Gasteiger partial charge < -0.3 is 23.4 Å². The SMILES string of the molecule is COc1ccc(CCN(C)C(=O)c2cccc(Cn3cc(C)sc3=NC(=O)c3ccco3)c2)cc1OC. The van der Waals surface area contributed by atoms with Crippen LogP contribution < -0.4 is 14.3 Å². The highest BCUT2D eigenvalue weighted by Crippen LogP contribution is 2.27. The van der Waals surface area contributed by atoms with E-state index >= 15 is 0 Å². The molecule has 0 spiro atoms. The second-order valence-electron chi connectivity index (χ2n) is 8.51. The minimum atomic E-state index is -0.430. The fourth-order valence-electron chi connectivity index (χ4n) is 3.90. The molecule has 4 aromatic rings. The molecule has 0 saturated heterocycles. The third-order valence-electron chi connectivity index (χ3n) is 5.82. The van der Waals surface area contributed by atoms with Crippen molar-refractivity contribution in [2.45, 2.75) is 19.9 Å². The third-order valence-corrected chi connectivity index (χ3v) is 6.76. The first kappa shape index (κ1) is 26.0. The molecule has 0 atom stereocenters. The fourth-order valence-corrected chi connectivity index (χ4v) is 4.73. The van der Waals surface area contributed by atoms with Crippen LogP contribution in [-0.4, -0.2) is 49.1 Å². The van der Waals surface area contributed by atoms with Crippen molar-refractivity contribution >= 4 is 23.2 Å². The lowest BCUT2D eigenvalue weighted by Gasteiger charge is -2.18. The number of likely N-dealkylation sites (N-methyl/N-ethyl adjacent to an activating group) is 1. The van der Waals surface area contributed by atoms with Gasteiger partial charge in [0.25, 0.3) is 5.91 Å². The van der Waals surface area contributed by atoms with Crippen LogP contribution in [0.15, 0.2) is 76.5 Å². The van der Waals surface area contributed by atoms with Crippen molar-refractivity contribution in [1.29, 1.82) is 0 Å². The van der Waals surface area contributed by atoms with E-state index in [0.717, 1.165) is 16.0 Å². The lowest BCUT2D eigenvalue weighted by atomic mass is 10.1. The first-order chi connectivity index (χ1) is 17.9. The van der Waals surface area contributed by atoms with E-state index in [2.05, 4.69) is 4.99 Å². The number of furan rings is 1. The maximum absolute atomic E-state index is 13.1. The Kier molecular flexibility index (Phi) is 8.25. The van der Waals surface area contributed by atoms with Gasteiger partial charge in [-0.25, -0.2) is 0 Å². The van der Waals surface area contributed by atoms with Crippen LogP contribution in [0.25, 0.3) is 0 Å². The molecule has 2 heterocycles. The van der Waals surface area contributed by atoms with Gasteiger partial charge in [-0.1, -0.05) is 18.2 Å². The van der Waals surface area contributed by atoms with E-state index < -0.39 is 5.91 Å². The number of aryl methyl sites for hydroxylation is 1. The summed E-state index contributed by atoms with van der Waals surface area (Å²) in [5.74, 6) is 1.04. The van der Waals surface area contributed by atoms with Crippen molar-refractivity contribution in [3.63, 3.8) is 0 Å². The molecule has 0 aliphatic rings. The van der Waals surface area contributed by atoms with Gasteiger partial charge in [-0.2, -0.15) is 4.99 Å². The van der Waals surface area contributed by atoms with Gasteiger partial charge >= 0.3 is 5.91 Å². The molecule has 0 N–H and O–H groups in total. The Labute approximate surface area is 219 Å². The maximum Gasteiger partial charge on any atom is 0.315 e. The quantitative estimate of drug-likeness (QED) is 0.323. The van der Waals surface area contributed by atoms with Crippen molar-refractivity contribution in [1.82, 2.24) is 9.47 Å². The van der Waals surface area contributed by atoms with Crippen LogP contribution >= 0.6 is 11.3 Å². The highest BCUT2D eigenvalue weighted by atomic mass is 32.1. The Bertz CT molecular complexity index is 1450. The molecule has 2 aromatic heterocycles. The molecule has 0 fully saturated rings. The standard InChI is InChI=1S/C28H29N3O5S/c1-19-17-31(28(37-19)29-26(32)24-9-6-14-36-24)18-21-7-5-8-22(15-21)27(33)30(2)13-12-20-10-11-23(34-3)25(16-20)35-4/h5-11,14-17H,12-13,18H2,1-4H3. The Hall–Kier alpha value is -4.11. The first-order valence-electron chi connectivity index (χ1n) is 11.7. The van der Waals surface area contributed by atoms with E-state index in [1.54, 1.807) is 38.3 Å². The van der Waals surface area contributed by atoms with Crippen LogP contribution in [0.2, 0.25) is 0 Å². The summed E-state index contributed by atoms with van der Waals surface area (Å²) >= 11 is 1.43. The zero-order chi connectivity index (χ0) is 26.4. The number of amides is 2. The Balaban J connectivity index is 1.45. The molecule has 0 radical (unpaired) electrons. The Morgan fingerprint density at radius 1 is 1.03 bits per heavy atom. The lowest BCUT2D eigenvalue weighted by molar-refractivity contribution is 0.0796. The second kappa shape index (κ2) is 11.7. The van der Waals surface area contributed by atoms with Crippen LogP contribution in [0.3, 0.4) is 0 Å². The summed E-state index contributed by atoms with van der Waals surface area (Å²) in [5, 5.41) is 0. The molecule has 8 nitrogen and oxygen atoms in total. The number of aromatic nitrogens is 1. The number of ether oxygens (including phenoxy) is 2. The molecule has 0 aliphatic carbocycles. The number of methoxy groups -OCH3 is 2. The van der Waals surface area contributed by atoms with Gasteiger partial charge in [-0.05, 0) is 60.9 Å². The zero-order valence-corrected chi connectivity index (χ0v) is 22.1. The molecule has 192 valence electrons. The molecule has 9 heteroatoms. The van der Waals surface area contributed by atoms with Gasteiger partial charge in [0.1, 0.15) is 0 Å². The first-order valence-corrected chi connectivity index (χ1v) is 12.5. The number of hydrogen-bond acceptors (Lipinski definition) is 6. The van der Waals surface area contributed by atoms with Crippen LogP contribution in [0.5, 0.6) is 11.5 Å². The van der Waals surface area contributed by atoms with E-state index in [4.69, 9.17) is 13.9 Å². The fraction of sp³-hybridized carbons (Fsp3) is 0.250. The molecule has 37 heavy (non-hydrogen) atoms. The second-order valence-corrected chi connectivity index (χ2v) is 9.73. The lowest BCUT2D eigenvalue weighted by Crippen LogP contribution is -2.29. The van der Waals surface area contributed by atoms with Crippen molar-refractivity contribution in [2.75, 3.05) is 27.8 Å². The summed E-state index contributed by atoms with van der Waals surface area (Å²) in [6.07, 6.45) is 4.08. The molecular formula is C28H29N3O5S. The number of rotatable bonds is 9. The average molecular weight is 520 g/mol. The van der Waals surface area contributed by atoms with Gasteiger partial charge in [-0.15, -0.1) is 11.3 Å². The number of carbonyl (C=O) groups excluding carboxylic acids is 2. The predicted molar refractivity (Wildman–Crippen MR) is 141 cm³/mol. The summed E-state index contributed by atoms with van der Waals surface area (Å²) < 4.78 is 17.7. The largest absolute Gasteiger partial charge is 0.493 e. The number of hydrogen-bond donors (Lipinski definition) is 0. The van der Waals surface area contributed by atoms with Crippen LogP contribution in [0.1, 0.15) is 36.9 Å². The Morgan fingerprint density at radius 3 is 2.57 bits per heavy atom. The van der Waals surface area contributed by atoms with Crippen molar-refractivity contribution in [3.05, 3.63) is 99.2 Å². The van der Waals surface area contributed by atoms with Gasteiger partial charge in [0, 0.05) is 36.8 Å². The monoisotopic (exact) mass is 519 g/mol. The average Bonchev–Trinajstić information content (AvgIpc) is 3.57.